The summed E-state index contributed by atoms with van der Waals surface area (Å²) in [6.07, 6.45) is 1.95. The Morgan fingerprint density at radius 3 is 2.22 bits per heavy atom. The van der Waals surface area contributed by atoms with Crippen molar-refractivity contribution in [2.75, 3.05) is 7.05 Å². The SMILES string of the molecule is CCC[C@H](C)NC(=O)c1ccc(CN(C)S(=O)(=O)c2ccc(C)cc2)cc1. The summed E-state index contributed by atoms with van der Waals surface area (Å²) in [4.78, 5) is 12.5. The van der Waals surface area contributed by atoms with Crippen LogP contribution in [0.5, 0.6) is 0 Å². The first-order valence-electron chi connectivity index (χ1n) is 9.17. The maximum atomic E-state index is 12.7. The molecule has 0 aliphatic heterocycles. The lowest BCUT2D eigenvalue weighted by atomic mass is 10.1. The van der Waals surface area contributed by atoms with Crippen molar-refractivity contribution in [1.29, 1.82) is 0 Å². The highest BCUT2D eigenvalue weighted by Gasteiger charge is 2.20. The first-order valence-corrected chi connectivity index (χ1v) is 10.6. The molecule has 0 fully saturated rings. The minimum absolute atomic E-state index is 0.108. The number of benzene rings is 2. The number of nitrogens with zero attached hydrogens (tertiary/aromatic N) is 1. The molecule has 2 aromatic carbocycles. The van der Waals surface area contributed by atoms with Crippen molar-refractivity contribution in [1.82, 2.24) is 9.62 Å². The molecule has 0 saturated heterocycles. The standard InChI is InChI=1S/C21H28N2O3S/c1-5-6-17(3)22-21(24)19-11-9-18(10-12-19)15-23(4)27(25,26)20-13-7-16(2)8-14-20/h7-14,17H,5-6,15H2,1-4H3,(H,22,24)/t17-/m0/s1. The fourth-order valence-corrected chi connectivity index (χ4v) is 3.97. The van der Waals surface area contributed by atoms with Gasteiger partial charge in [0.25, 0.3) is 5.91 Å². The van der Waals surface area contributed by atoms with Crippen LogP contribution in [0.15, 0.2) is 53.4 Å². The second-order valence-corrected chi connectivity index (χ2v) is 8.98. The third kappa shape index (κ3) is 5.65. The van der Waals surface area contributed by atoms with Gasteiger partial charge in [0.2, 0.25) is 10.0 Å². The van der Waals surface area contributed by atoms with Crippen LogP contribution in [0.2, 0.25) is 0 Å². The molecule has 0 saturated carbocycles. The van der Waals surface area contributed by atoms with Crippen LogP contribution in [0.25, 0.3) is 0 Å². The minimum Gasteiger partial charge on any atom is -0.350 e. The molecule has 1 N–H and O–H groups in total. The monoisotopic (exact) mass is 388 g/mol. The molecule has 0 heterocycles. The molecule has 0 aliphatic rings. The van der Waals surface area contributed by atoms with Gasteiger partial charge in [0.15, 0.2) is 0 Å². The lowest BCUT2D eigenvalue weighted by Gasteiger charge is -2.18. The Labute approximate surface area is 162 Å². The molecule has 2 rings (SSSR count). The van der Waals surface area contributed by atoms with E-state index in [4.69, 9.17) is 0 Å². The van der Waals surface area contributed by atoms with E-state index in [1.807, 2.05) is 13.8 Å². The van der Waals surface area contributed by atoms with Crippen LogP contribution in [-0.2, 0) is 16.6 Å². The van der Waals surface area contributed by atoms with E-state index in [0.717, 1.165) is 24.0 Å². The van der Waals surface area contributed by atoms with Crippen LogP contribution in [0.3, 0.4) is 0 Å². The Morgan fingerprint density at radius 1 is 1.07 bits per heavy atom. The van der Waals surface area contributed by atoms with Gasteiger partial charge in [0.1, 0.15) is 0 Å². The molecule has 0 unspecified atom stereocenters. The topological polar surface area (TPSA) is 66.5 Å². The molecule has 1 atom stereocenters. The molecular weight excluding hydrogens is 360 g/mol. The number of carbonyl (C=O) groups is 1. The quantitative estimate of drug-likeness (QED) is 0.749. The van der Waals surface area contributed by atoms with Crippen LogP contribution in [0.4, 0.5) is 0 Å². The molecule has 146 valence electrons. The number of carbonyl (C=O) groups excluding carboxylic acids is 1. The summed E-state index contributed by atoms with van der Waals surface area (Å²) in [5.74, 6) is -0.108. The molecule has 0 radical (unpaired) electrons. The summed E-state index contributed by atoms with van der Waals surface area (Å²) in [7, 11) is -1.99. The second-order valence-electron chi connectivity index (χ2n) is 6.93. The summed E-state index contributed by atoms with van der Waals surface area (Å²) in [5, 5.41) is 2.96. The Morgan fingerprint density at radius 2 is 1.67 bits per heavy atom. The molecular formula is C21H28N2O3S. The fraction of sp³-hybridized carbons (Fsp3) is 0.381. The fourth-order valence-electron chi connectivity index (χ4n) is 2.81. The van der Waals surface area contributed by atoms with Gasteiger partial charge in [-0.3, -0.25) is 4.79 Å². The van der Waals surface area contributed by atoms with Gasteiger partial charge in [-0.25, -0.2) is 8.42 Å². The summed E-state index contributed by atoms with van der Waals surface area (Å²) < 4.78 is 26.7. The summed E-state index contributed by atoms with van der Waals surface area (Å²) >= 11 is 0. The largest absolute Gasteiger partial charge is 0.350 e. The lowest BCUT2D eigenvalue weighted by molar-refractivity contribution is 0.0938. The van der Waals surface area contributed by atoms with Crippen LogP contribution in [-0.4, -0.2) is 31.7 Å². The summed E-state index contributed by atoms with van der Waals surface area (Å²) in [5.41, 5.74) is 2.41. The van der Waals surface area contributed by atoms with Gasteiger partial charge in [-0.15, -0.1) is 0 Å². The van der Waals surface area contributed by atoms with E-state index in [2.05, 4.69) is 12.2 Å². The first-order chi connectivity index (χ1) is 12.7. The van der Waals surface area contributed by atoms with Gasteiger partial charge in [-0.05, 0) is 50.1 Å². The van der Waals surface area contributed by atoms with Crippen molar-refractivity contribution < 1.29 is 13.2 Å². The molecule has 2 aromatic rings. The van der Waals surface area contributed by atoms with Crippen LogP contribution >= 0.6 is 0 Å². The zero-order chi connectivity index (χ0) is 20.0. The van der Waals surface area contributed by atoms with E-state index < -0.39 is 10.0 Å². The van der Waals surface area contributed by atoms with E-state index in [0.29, 0.717) is 5.56 Å². The average Bonchev–Trinajstić information content (AvgIpc) is 2.62. The van der Waals surface area contributed by atoms with Crippen molar-refractivity contribution in [2.24, 2.45) is 0 Å². The maximum absolute atomic E-state index is 12.7. The highest BCUT2D eigenvalue weighted by atomic mass is 32.2. The van der Waals surface area contributed by atoms with E-state index >= 15 is 0 Å². The predicted octanol–water partition coefficient (Wildman–Crippen LogP) is 3.73. The number of aryl methyl sites for hydroxylation is 1. The van der Waals surface area contributed by atoms with E-state index in [-0.39, 0.29) is 23.4 Å². The minimum atomic E-state index is -3.55. The molecule has 0 aliphatic carbocycles. The number of nitrogens with one attached hydrogen (secondary N) is 1. The number of amides is 1. The van der Waals surface area contributed by atoms with Crippen LogP contribution < -0.4 is 5.32 Å². The first kappa shape index (κ1) is 21.1. The summed E-state index contributed by atoms with van der Waals surface area (Å²) in [6, 6.07) is 14.0. The van der Waals surface area contributed by atoms with Gasteiger partial charge in [0.05, 0.1) is 4.90 Å². The van der Waals surface area contributed by atoms with Crippen molar-refractivity contribution >= 4 is 15.9 Å². The molecule has 0 bridgehead atoms. The highest BCUT2D eigenvalue weighted by Crippen LogP contribution is 2.17. The van der Waals surface area contributed by atoms with Crippen molar-refractivity contribution in [2.45, 2.75) is 51.1 Å². The summed E-state index contributed by atoms with van der Waals surface area (Å²) in [6.45, 7) is 6.23. The van der Waals surface area contributed by atoms with Gasteiger partial charge < -0.3 is 5.32 Å². The molecule has 1 amide bonds. The van der Waals surface area contributed by atoms with Crippen molar-refractivity contribution in [3.63, 3.8) is 0 Å². The third-order valence-electron chi connectivity index (χ3n) is 4.45. The second kappa shape index (κ2) is 9.15. The van der Waals surface area contributed by atoms with Gasteiger partial charge in [-0.1, -0.05) is 43.2 Å². The Bertz CT molecular complexity index is 859. The van der Waals surface area contributed by atoms with Crippen LogP contribution in [0, 0.1) is 6.92 Å². The Hall–Kier alpha value is -2.18. The molecule has 27 heavy (non-hydrogen) atoms. The Kier molecular flexibility index (Phi) is 7.16. The number of hydrogen-bond donors (Lipinski definition) is 1. The molecule has 0 spiro atoms. The van der Waals surface area contributed by atoms with Crippen molar-refractivity contribution in [3.05, 3.63) is 65.2 Å². The van der Waals surface area contributed by atoms with Gasteiger partial charge in [0, 0.05) is 25.2 Å². The average molecular weight is 389 g/mol. The van der Waals surface area contributed by atoms with Gasteiger partial charge >= 0.3 is 0 Å². The maximum Gasteiger partial charge on any atom is 0.251 e. The van der Waals surface area contributed by atoms with E-state index in [9.17, 15) is 13.2 Å². The normalized spacial score (nSPS) is 12.8. The smallest absolute Gasteiger partial charge is 0.251 e. The predicted molar refractivity (Wildman–Crippen MR) is 108 cm³/mol. The van der Waals surface area contributed by atoms with Crippen molar-refractivity contribution in [3.8, 4) is 0 Å². The lowest BCUT2D eigenvalue weighted by Crippen LogP contribution is -2.32. The molecule has 5 nitrogen and oxygen atoms in total. The zero-order valence-corrected chi connectivity index (χ0v) is 17.2. The van der Waals surface area contributed by atoms with Gasteiger partial charge in [-0.2, -0.15) is 4.31 Å². The van der Waals surface area contributed by atoms with E-state index in [1.165, 1.54) is 4.31 Å². The zero-order valence-electron chi connectivity index (χ0n) is 16.4. The molecule has 6 heteroatoms. The number of hydrogen-bond acceptors (Lipinski definition) is 3. The highest BCUT2D eigenvalue weighted by molar-refractivity contribution is 7.89. The third-order valence-corrected chi connectivity index (χ3v) is 6.27. The number of sulfonamides is 1. The number of rotatable bonds is 8. The van der Waals surface area contributed by atoms with E-state index in [1.54, 1.807) is 55.6 Å². The Balaban J connectivity index is 2.05. The molecule has 0 aromatic heterocycles. The van der Waals surface area contributed by atoms with Crippen LogP contribution in [0.1, 0.15) is 48.2 Å².